The highest BCUT2D eigenvalue weighted by atomic mass is 32.2. The number of nitrogens with two attached hydrogens (primary N) is 1. The summed E-state index contributed by atoms with van der Waals surface area (Å²) in [5.41, 5.74) is 8.06. The van der Waals surface area contributed by atoms with Crippen LogP contribution in [0.4, 0.5) is 5.00 Å². The first-order valence-corrected chi connectivity index (χ1v) is 11.6. The van der Waals surface area contributed by atoms with Crippen molar-refractivity contribution in [1.82, 2.24) is 14.8 Å². The molecule has 2 aromatic heterocycles. The van der Waals surface area contributed by atoms with Crippen LogP contribution in [0.5, 0.6) is 0 Å². The molecule has 1 aromatic carbocycles. The number of carbonyl (C=O) groups is 2. The van der Waals surface area contributed by atoms with Crippen LogP contribution in [0.3, 0.4) is 0 Å². The van der Waals surface area contributed by atoms with Gasteiger partial charge in [0.05, 0.1) is 11.3 Å². The minimum absolute atomic E-state index is 0.155. The van der Waals surface area contributed by atoms with E-state index in [1.165, 1.54) is 23.1 Å². The molecule has 0 aliphatic heterocycles. The molecule has 1 atom stereocenters. The first-order valence-electron chi connectivity index (χ1n) is 9.78. The van der Waals surface area contributed by atoms with Crippen LogP contribution >= 0.6 is 23.1 Å². The summed E-state index contributed by atoms with van der Waals surface area (Å²) in [6.45, 7) is 4.08. The number of hydrogen-bond acceptors (Lipinski definition) is 6. The summed E-state index contributed by atoms with van der Waals surface area (Å²) < 4.78 is 1.91. The number of nitrogens with one attached hydrogen (secondary N) is 1. The first kappa shape index (κ1) is 20.6. The molecule has 156 valence electrons. The lowest BCUT2D eigenvalue weighted by atomic mass is 9.88. The number of carbonyl (C=O) groups excluding carboxylic acids is 2. The molecule has 0 radical (unpaired) electrons. The van der Waals surface area contributed by atoms with Crippen LogP contribution in [0.2, 0.25) is 0 Å². The number of anilines is 1. The molecule has 3 N–H and O–H groups in total. The van der Waals surface area contributed by atoms with E-state index in [1.54, 1.807) is 0 Å². The molecule has 7 nitrogen and oxygen atoms in total. The third-order valence-corrected chi connectivity index (χ3v) is 7.25. The Bertz CT molecular complexity index is 1090. The van der Waals surface area contributed by atoms with Crippen LogP contribution in [-0.4, -0.2) is 32.3 Å². The Morgan fingerprint density at radius 3 is 2.80 bits per heavy atom. The summed E-state index contributed by atoms with van der Waals surface area (Å²) in [5.74, 6) is 0.796. The monoisotopic (exact) mass is 441 g/mol. The van der Waals surface area contributed by atoms with E-state index in [9.17, 15) is 9.59 Å². The van der Waals surface area contributed by atoms with Gasteiger partial charge in [0, 0.05) is 10.6 Å². The molecule has 2 amide bonds. The van der Waals surface area contributed by atoms with Gasteiger partial charge in [-0.1, -0.05) is 36.9 Å². The van der Waals surface area contributed by atoms with Crippen molar-refractivity contribution in [2.45, 2.75) is 38.3 Å². The minimum atomic E-state index is -0.482. The van der Waals surface area contributed by atoms with Crippen molar-refractivity contribution in [2.24, 2.45) is 11.7 Å². The average molecular weight is 442 g/mol. The van der Waals surface area contributed by atoms with E-state index < -0.39 is 5.91 Å². The van der Waals surface area contributed by atoms with E-state index in [4.69, 9.17) is 5.73 Å². The van der Waals surface area contributed by atoms with Crippen molar-refractivity contribution in [3.63, 3.8) is 0 Å². The number of para-hydroxylation sites is 1. The summed E-state index contributed by atoms with van der Waals surface area (Å²) in [6, 6.07) is 9.77. The second kappa shape index (κ2) is 8.61. The number of thiophene rings is 1. The Morgan fingerprint density at radius 1 is 1.30 bits per heavy atom. The van der Waals surface area contributed by atoms with Crippen LogP contribution in [-0.2, 0) is 17.6 Å². The molecule has 1 unspecified atom stereocenters. The fourth-order valence-corrected chi connectivity index (χ4v) is 5.93. The molecule has 3 aromatic rings. The van der Waals surface area contributed by atoms with Crippen LogP contribution in [0.25, 0.3) is 5.69 Å². The SMILES string of the molecule is Cc1nnc(SCC(=O)Nc2sc3c(c2C(N)=O)CCC(C)C3)n1-c1ccccc1. The zero-order valence-electron chi connectivity index (χ0n) is 16.8. The van der Waals surface area contributed by atoms with E-state index in [-0.39, 0.29) is 11.7 Å². The number of aromatic nitrogens is 3. The van der Waals surface area contributed by atoms with Gasteiger partial charge in [0.1, 0.15) is 10.8 Å². The number of thioether (sulfide) groups is 1. The fourth-order valence-electron chi connectivity index (χ4n) is 3.70. The largest absolute Gasteiger partial charge is 0.365 e. The topological polar surface area (TPSA) is 103 Å². The van der Waals surface area contributed by atoms with Crippen LogP contribution in [0.1, 0.15) is 40.0 Å². The summed E-state index contributed by atoms with van der Waals surface area (Å²) in [4.78, 5) is 25.9. The predicted molar refractivity (Wildman–Crippen MR) is 119 cm³/mol. The van der Waals surface area contributed by atoms with Crippen LogP contribution in [0, 0.1) is 12.8 Å². The van der Waals surface area contributed by atoms with Crippen molar-refractivity contribution < 1.29 is 9.59 Å². The highest BCUT2D eigenvalue weighted by Gasteiger charge is 2.27. The van der Waals surface area contributed by atoms with Gasteiger partial charge in [0.25, 0.3) is 5.91 Å². The smallest absolute Gasteiger partial charge is 0.251 e. The van der Waals surface area contributed by atoms with Gasteiger partial charge >= 0.3 is 0 Å². The maximum atomic E-state index is 12.7. The maximum Gasteiger partial charge on any atom is 0.251 e. The average Bonchev–Trinajstić information content (AvgIpc) is 3.26. The Labute approximate surface area is 183 Å². The maximum absolute atomic E-state index is 12.7. The van der Waals surface area contributed by atoms with Crippen molar-refractivity contribution in [3.05, 3.63) is 52.2 Å². The van der Waals surface area contributed by atoms with Gasteiger partial charge in [-0.05, 0) is 49.8 Å². The number of benzene rings is 1. The second-order valence-electron chi connectivity index (χ2n) is 7.46. The molecule has 0 fully saturated rings. The molecule has 0 saturated heterocycles. The first-order chi connectivity index (χ1) is 14.4. The zero-order valence-corrected chi connectivity index (χ0v) is 18.5. The lowest BCUT2D eigenvalue weighted by molar-refractivity contribution is -0.113. The quantitative estimate of drug-likeness (QED) is 0.569. The molecule has 4 rings (SSSR count). The number of primary amides is 1. The lowest BCUT2D eigenvalue weighted by Crippen LogP contribution is -2.20. The van der Waals surface area contributed by atoms with Gasteiger partial charge in [-0.25, -0.2) is 0 Å². The summed E-state index contributed by atoms with van der Waals surface area (Å²) in [6.07, 6.45) is 2.78. The standard InChI is InChI=1S/C21H23N5O2S2/c1-12-8-9-15-16(10-12)30-20(18(15)19(22)28)23-17(27)11-29-21-25-24-13(2)26(21)14-6-4-3-5-7-14/h3-7,12H,8-11H2,1-2H3,(H2,22,28)(H,23,27). The highest BCUT2D eigenvalue weighted by molar-refractivity contribution is 7.99. The molecule has 1 aliphatic rings. The lowest BCUT2D eigenvalue weighted by Gasteiger charge is -2.18. The summed E-state index contributed by atoms with van der Waals surface area (Å²) >= 11 is 2.78. The fraction of sp³-hybridized carbons (Fsp3) is 0.333. The number of aryl methyl sites for hydroxylation is 1. The third kappa shape index (κ3) is 4.13. The van der Waals surface area contributed by atoms with Crippen molar-refractivity contribution in [3.8, 4) is 5.69 Å². The van der Waals surface area contributed by atoms with Gasteiger partial charge in [-0.3, -0.25) is 14.2 Å². The van der Waals surface area contributed by atoms with E-state index >= 15 is 0 Å². The minimum Gasteiger partial charge on any atom is -0.365 e. The van der Waals surface area contributed by atoms with E-state index in [2.05, 4.69) is 22.4 Å². The molecule has 30 heavy (non-hydrogen) atoms. The van der Waals surface area contributed by atoms with Gasteiger partial charge < -0.3 is 11.1 Å². The normalized spacial score (nSPS) is 15.6. The molecule has 1 aliphatic carbocycles. The van der Waals surface area contributed by atoms with Gasteiger partial charge in [0.2, 0.25) is 5.91 Å². The zero-order chi connectivity index (χ0) is 21.3. The predicted octanol–water partition coefficient (Wildman–Crippen LogP) is 3.59. The number of amides is 2. The highest BCUT2D eigenvalue weighted by Crippen LogP contribution is 2.39. The molecule has 0 bridgehead atoms. The number of rotatable bonds is 6. The van der Waals surface area contributed by atoms with Crippen molar-refractivity contribution in [1.29, 1.82) is 0 Å². The molecular weight excluding hydrogens is 418 g/mol. The molecular formula is C21H23N5O2S2. The molecule has 9 heteroatoms. The van der Waals surface area contributed by atoms with Crippen LogP contribution in [0.15, 0.2) is 35.5 Å². The molecule has 0 saturated carbocycles. The van der Waals surface area contributed by atoms with Crippen LogP contribution < -0.4 is 11.1 Å². The Hall–Kier alpha value is -2.65. The van der Waals surface area contributed by atoms with Crippen molar-refractivity contribution in [2.75, 3.05) is 11.1 Å². The summed E-state index contributed by atoms with van der Waals surface area (Å²) in [7, 11) is 0. The second-order valence-corrected chi connectivity index (χ2v) is 9.51. The van der Waals surface area contributed by atoms with Gasteiger partial charge in [0.15, 0.2) is 5.16 Å². The third-order valence-electron chi connectivity index (χ3n) is 5.15. The summed E-state index contributed by atoms with van der Waals surface area (Å²) in [5, 5.41) is 12.5. The van der Waals surface area contributed by atoms with E-state index in [1.807, 2.05) is 41.8 Å². The Kier molecular flexibility index (Phi) is 5.92. The molecule has 0 spiro atoms. The Balaban J connectivity index is 1.49. The number of fused-ring (bicyclic) bond motifs is 1. The van der Waals surface area contributed by atoms with Gasteiger partial charge in [-0.15, -0.1) is 21.5 Å². The number of nitrogens with zero attached hydrogens (tertiary/aromatic N) is 3. The van der Waals surface area contributed by atoms with Gasteiger partial charge in [-0.2, -0.15) is 0 Å². The van der Waals surface area contributed by atoms with Crippen molar-refractivity contribution >= 4 is 39.9 Å². The van der Waals surface area contributed by atoms with E-state index in [0.717, 1.165) is 41.2 Å². The number of hydrogen-bond donors (Lipinski definition) is 2. The van der Waals surface area contributed by atoms with E-state index in [0.29, 0.717) is 21.6 Å². The molecule has 2 heterocycles. The Morgan fingerprint density at radius 2 is 2.07 bits per heavy atom.